The van der Waals surface area contributed by atoms with E-state index >= 15 is 0 Å². The van der Waals surface area contributed by atoms with E-state index in [0.29, 0.717) is 0 Å². The van der Waals surface area contributed by atoms with Crippen LogP contribution >= 0.6 is 0 Å². The van der Waals surface area contributed by atoms with Gasteiger partial charge in [-0.3, -0.25) is 9.79 Å². The van der Waals surface area contributed by atoms with Crippen LogP contribution in [0.15, 0.2) is 29.3 Å². The Labute approximate surface area is 163 Å². The third-order valence-corrected chi connectivity index (χ3v) is 5.06. The fraction of sp³-hybridized carbons (Fsp3) is 0.619. The lowest BCUT2D eigenvalue weighted by Gasteiger charge is -2.33. The van der Waals surface area contributed by atoms with Crippen molar-refractivity contribution >= 4 is 17.6 Å². The summed E-state index contributed by atoms with van der Waals surface area (Å²) in [5, 5.41) is 9.56. The van der Waals surface area contributed by atoms with Crippen LogP contribution in [0.4, 0.5) is 5.69 Å². The fourth-order valence-electron chi connectivity index (χ4n) is 3.48. The summed E-state index contributed by atoms with van der Waals surface area (Å²) in [6.45, 7) is 8.02. The number of anilines is 1. The summed E-state index contributed by atoms with van der Waals surface area (Å²) in [6, 6.07) is 8.69. The molecule has 0 radical (unpaired) electrons. The van der Waals surface area contributed by atoms with E-state index in [-0.39, 0.29) is 5.91 Å². The Morgan fingerprint density at radius 3 is 2.59 bits per heavy atom. The van der Waals surface area contributed by atoms with Crippen LogP contribution in [0.2, 0.25) is 0 Å². The molecule has 1 atom stereocenters. The summed E-state index contributed by atoms with van der Waals surface area (Å²) in [5.41, 5.74) is 2.06. The maximum Gasteiger partial charge on any atom is 0.221 e. The molecule has 1 aliphatic heterocycles. The predicted octanol–water partition coefficient (Wildman–Crippen LogP) is 2.62. The highest BCUT2D eigenvalue weighted by Gasteiger charge is 2.17. The second-order valence-electron chi connectivity index (χ2n) is 7.29. The SMILES string of the molecule is CN=C(NCCCN1CCCCC1C)NCCc1ccc(NC(C)=O)cc1. The van der Waals surface area contributed by atoms with Crippen LogP contribution in [0.25, 0.3) is 0 Å². The van der Waals surface area contributed by atoms with Crippen molar-refractivity contribution in [2.75, 3.05) is 38.5 Å². The molecule has 1 heterocycles. The summed E-state index contributed by atoms with van der Waals surface area (Å²) in [4.78, 5) is 18.0. The van der Waals surface area contributed by atoms with Crippen molar-refractivity contribution in [3.63, 3.8) is 0 Å². The van der Waals surface area contributed by atoms with Crippen molar-refractivity contribution < 1.29 is 4.79 Å². The van der Waals surface area contributed by atoms with Gasteiger partial charge in [0.1, 0.15) is 0 Å². The van der Waals surface area contributed by atoms with E-state index in [0.717, 1.165) is 50.2 Å². The molecule has 150 valence electrons. The van der Waals surface area contributed by atoms with E-state index in [2.05, 4.69) is 32.8 Å². The summed E-state index contributed by atoms with van der Waals surface area (Å²) >= 11 is 0. The number of likely N-dealkylation sites (tertiary alicyclic amines) is 1. The third kappa shape index (κ3) is 7.99. The first-order chi connectivity index (χ1) is 13.1. The van der Waals surface area contributed by atoms with Gasteiger partial charge in [0, 0.05) is 45.3 Å². The van der Waals surface area contributed by atoms with Gasteiger partial charge in [0.2, 0.25) is 5.91 Å². The van der Waals surface area contributed by atoms with Gasteiger partial charge in [0.15, 0.2) is 5.96 Å². The van der Waals surface area contributed by atoms with E-state index < -0.39 is 0 Å². The van der Waals surface area contributed by atoms with Crippen molar-refractivity contribution in [1.29, 1.82) is 0 Å². The topological polar surface area (TPSA) is 68.8 Å². The first-order valence-electron chi connectivity index (χ1n) is 10.1. The van der Waals surface area contributed by atoms with Gasteiger partial charge in [-0.05, 0) is 56.8 Å². The quantitative estimate of drug-likeness (QED) is 0.372. The Morgan fingerprint density at radius 2 is 1.93 bits per heavy atom. The molecule has 0 aliphatic carbocycles. The summed E-state index contributed by atoms with van der Waals surface area (Å²) < 4.78 is 0. The van der Waals surface area contributed by atoms with Gasteiger partial charge >= 0.3 is 0 Å². The highest BCUT2D eigenvalue weighted by molar-refractivity contribution is 5.88. The number of aliphatic imine (C=N–C) groups is 1. The monoisotopic (exact) mass is 373 g/mol. The van der Waals surface area contributed by atoms with Crippen LogP contribution in [0.3, 0.4) is 0 Å². The van der Waals surface area contributed by atoms with E-state index in [1.807, 2.05) is 31.3 Å². The molecule has 0 aromatic heterocycles. The van der Waals surface area contributed by atoms with Crippen molar-refractivity contribution in [3.05, 3.63) is 29.8 Å². The lowest BCUT2D eigenvalue weighted by molar-refractivity contribution is -0.114. The Hall–Kier alpha value is -2.08. The number of guanidine groups is 1. The number of carbonyl (C=O) groups is 1. The van der Waals surface area contributed by atoms with Gasteiger partial charge in [-0.15, -0.1) is 0 Å². The minimum atomic E-state index is -0.0472. The second kappa shape index (κ2) is 11.6. The smallest absolute Gasteiger partial charge is 0.221 e. The Balaban J connectivity index is 1.61. The molecule has 1 aromatic rings. The van der Waals surface area contributed by atoms with Crippen molar-refractivity contribution in [3.8, 4) is 0 Å². The zero-order chi connectivity index (χ0) is 19.5. The minimum Gasteiger partial charge on any atom is -0.356 e. The van der Waals surface area contributed by atoms with E-state index in [1.54, 1.807) is 0 Å². The lowest BCUT2D eigenvalue weighted by Crippen LogP contribution is -2.41. The van der Waals surface area contributed by atoms with Crippen LogP contribution in [0, 0.1) is 0 Å². The van der Waals surface area contributed by atoms with Crippen molar-refractivity contribution in [2.45, 2.75) is 52.0 Å². The molecule has 1 fully saturated rings. The number of amides is 1. The number of nitrogens with one attached hydrogen (secondary N) is 3. The summed E-state index contributed by atoms with van der Waals surface area (Å²) in [7, 11) is 1.81. The van der Waals surface area contributed by atoms with Gasteiger partial charge in [0.05, 0.1) is 0 Å². The highest BCUT2D eigenvalue weighted by Crippen LogP contribution is 2.16. The second-order valence-corrected chi connectivity index (χ2v) is 7.29. The van der Waals surface area contributed by atoms with Crippen LogP contribution in [-0.4, -0.2) is 56.0 Å². The Bertz CT molecular complexity index is 599. The molecule has 0 spiro atoms. The molecule has 27 heavy (non-hydrogen) atoms. The number of hydrogen-bond donors (Lipinski definition) is 3. The van der Waals surface area contributed by atoms with Crippen LogP contribution < -0.4 is 16.0 Å². The molecule has 1 unspecified atom stereocenters. The van der Waals surface area contributed by atoms with E-state index in [4.69, 9.17) is 0 Å². The molecule has 6 heteroatoms. The maximum atomic E-state index is 11.0. The predicted molar refractivity (Wildman–Crippen MR) is 113 cm³/mol. The number of carbonyl (C=O) groups excluding carboxylic acids is 1. The summed E-state index contributed by atoms with van der Waals surface area (Å²) in [5.74, 6) is 0.811. The molecule has 1 amide bonds. The van der Waals surface area contributed by atoms with Gasteiger partial charge in [0.25, 0.3) is 0 Å². The van der Waals surface area contributed by atoms with Crippen LogP contribution in [0.1, 0.15) is 45.1 Å². The Kier molecular flexibility index (Phi) is 9.11. The molecule has 6 nitrogen and oxygen atoms in total. The molecule has 3 N–H and O–H groups in total. The average Bonchev–Trinajstić information content (AvgIpc) is 2.66. The third-order valence-electron chi connectivity index (χ3n) is 5.06. The number of benzene rings is 1. The minimum absolute atomic E-state index is 0.0472. The maximum absolute atomic E-state index is 11.0. The van der Waals surface area contributed by atoms with Crippen molar-refractivity contribution in [1.82, 2.24) is 15.5 Å². The highest BCUT2D eigenvalue weighted by atomic mass is 16.1. The van der Waals surface area contributed by atoms with E-state index in [1.165, 1.54) is 38.3 Å². The molecule has 0 saturated carbocycles. The summed E-state index contributed by atoms with van der Waals surface area (Å²) in [6.07, 6.45) is 6.10. The molecule has 1 aromatic carbocycles. The number of nitrogens with zero attached hydrogens (tertiary/aromatic N) is 2. The first-order valence-corrected chi connectivity index (χ1v) is 10.1. The fourth-order valence-corrected chi connectivity index (χ4v) is 3.48. The first kappa shape index (κ1) is 21.2. The van der Waals surface area contributed by atoms with Gasteiger partial charge in [-0.25, -0.2) is 0 Å². The van der Waals surface area contributed by atoms with E-state index in [9.17, 15) is 4.79 Å². The zero-order valence-electron chi connectivity index (χ0n) is 17.1. The average molecular weight is 374 g/mol. The zero-order valence-corrected chi connectivity index (χ0v) is 17.1. The molecular weight excluding hydrogens is 338 g/mol. The number of piperidine rings is 1. The van der Waals surface area contributed by atoms with Crippen LogP contribution in [-0.2, 0) is 11.2 Å². The van der Waals surface area contributed by atoms with Gasteiger partial charge in [-0.1, -0.05) is 18.6 Å². The Morgan fingerprint density at radius 1 is 1.19 bits per heavy atom. The van der Waals surface area contributed by atoms with Crippen molar-refractivity contribution in [2.24, 2.45) is 4.99 Å². The molecule has 1 saturated heterocycles. The molecular formula is C21H35N5O. The molecule has 1 aliphatic rings. The van der Waals surface area contributed by atoms with Gasteiger partial charge < -0.3 is 20.9 Å². The normalized spacial score (nSPS) is 18.2. The van der Waals surface area contributed by atoms with Gasteiger partial charge in [-0.2, -0.15) is 0 Å². The number of hydrogen-bond acceptors (Lipinski definition) is 3. The van der Waals surface area contributed by atoms with Crippen LogP contribution in [0.5, 0.6) is 0 Å². The largest absolute Gasteiger partial charge is 0.356 e. The number of rotatable bonds is 8. The molecule has 0 bridgehead atoms. The standard InChI is InChI=1S/C21H35N5O/c1-17-7-4-5-15-26(17)16-6-13-23-21(22-3)24-14-12-19-8-10-20(11-9-19)25-18(2)27/h8-11,17H,4-7,12-16H2,1-3H3,(H,25,27)(H2,22,23,24). The lowest BCUT2D eigenvalue weighted by atomic mass is 10.0. The molecule has 2 rings (SSSR count).